The zero-order chi connectivity index (χ0) is 13.1. The molecule has 1 N–H and O–H groups in total. The van der Waals surface area contributed by atoms with Crippen molar-refractivity contribution in [3.05, 3.63) is 0 Å². The van der Waals surface area contributed by atoms with Crippen LogP contribution in [0.2, 0.25) is 0 Å². The maximum atomic E-state index is 5.71. The van der Waals surface area contributed by atoms with Gasteiger partial charge in [0.1, 0.15) is 0 Å². The lowest BCUT2D eigenvalue weighted by Gasteiger charge is -2.19. The van der Waals surface area contributed by atoms with Crippen LogP contribution in [-0.4, -0.2) is 25.3 Å². The van der Waals surface area contributed by atoms with E-state index in [1.807, 2.05) is 0 Å². The highest BCUT2D eigenvalue weighted by Crippen LogP contribution is 2.19. The van der Waals surface area contributed by atoms with Crippen molar-refractivity contribution in [2.45, 2.75) is 90.2 Å². The largest absolute Gasteiger partial charge is 0.378 e. The van der Waals surface area contributed by atoms with Crippen molar-refractivity contribution in [3.63, 3.8) is 0 Å². The molecule has 0 aromatic heterocycles. The van der Waals surface area contributed by atoms with Crippen LogP contribution in [0.25, 0.3) is 0 Å². The SMILES string of the molecule is CCCCCCCC(CCC1CCCO1)NCC. The molecule has 2 unspecified atom stereocenters. The Bertz CT molecular complexity index is 178. The molecule has 0 saturated carbocycles. The molecule has 2 nitrogen and oxygen atoms in total. The van der Waals surface area contributed by atoms with Gasteiger partial charge in [-0.15, -0.1) is 0 Å². The van der Waals surface area contributed by atoms with E-state index >= 15 is 0 Å². The summed E-state index contributed by atoms with van der Waals surface area (Å²) in [4.78, 5) is 0. The Morgan fingerprint density at radius 3 is 2.61 bits per heavy atom. The summed E-state index contributed by atoms with van der Waals surface area (Å²) >= 11 is 0. The van der Waals surface area contributed by atoms with Crippen molar-refractivity contribution in [2.24, 2.45) is 0 Å². The fraction of sp³-hybridized carbons (Fsp3) is 1.00. The first-order valence-corrected chi connectivity index (χ1v) is 8.21. The second-order valence-corrected chi connectivity index (χ2v) is 5.67. The Labute approximate surface area is 114 Å². The average molecular weight is 255 g/mol. The number of ether oxygens (including phenoxy) is 1. The molecule has 1 fully saturated rings. The third-order valence-electron chi connectivity index (χ3n) is 4.01. The van der Waals surface area contributed by atoms with Gasteiger partial charge in [0, 0.05) is 12.6 Å². The molecule has 1 aliphatic heterocycles. The molecule has 0 radical (unpaired) electrons. The second kappa shape index (κ2) is 10.8. The minimum absolute atomic E-state index is 0.561. The number of rotatable bonds is 11. The van der Waals surface area contributed by atoms with Crippen molar-refractivity contribution in [2.75, 3.05) is 13.2 Å². The fourth-order valence-corrected chi connectivity index (χ4v) is 2.89. The molecule has 1 saturated heterocycles. The van der Waals surface area contributed by atoms with Gasteiger partial charge in [-0.1, -0.05) is 46.0 Å². The Hall–Kier alpha value is -0.0800. The molecule has 1 aliphatic rings. The normalized spacial score (nSPS) is 21.3. The fourth-order valence-electron chi connectivity index (χ4n) is 2.89. The Balaban J connectivity index is 2.05. The maximum Gasteiger partial charge on any atom is 0.0576 e. The molecule has 18 heavy (non-hydrogen) atoms. The summed E-state index contributed by atoms with van der Waals surface area (Å²) in [7, 11) is 0. The van der Waals surface area contributed by atoms with E-state index in [0.717, 1.165) is 19.2 Å². The maximum absolute atomic E-state index is 5.71. The molecular weight excluding hydrogens is 222 g/mol. The molecule has 1 rings (SSSR count). The quantitative estimate of drug-likeness (QED) is 0.556. The van der Waals surface area contributed by atoms with Gasteiger partial charge < -0.3 is 10.1 Å². The van der Waals surface area contributed by atoms with Gasteiger partial charge in [-0.2, -0.15) is 0 Å². The summed E-state index contributed by atoms with van der Waals surface area (Å²) in [6.45, 7) is 6.60. The van der Waals surface area contributed by atoms with E-state index in [0.29, 0.717) is 6.10 Å². The zero-order valence-corrected chi connectivity index (χ0v) is 12.5. The van der Waals surface area contributed by atoms with E-state index in [2.05, 4.69) is 19.2 Å². The highest BCUT2D eigenvalue weighted by molar-refractivity contribution is 4.72. The molecule has 0 spiro atoms. The first-order chi connectivity index (χ1) is 8.86. The third-order valence-corrected chi connectivity index (χ3v) is 4.01. The highest BCUT2D eigenvalue weighted by Gasteiger charge is 2.17. The van der Waals surface area contributed by atoms with Crippen molar-refractivity contribution >= 4 is 0 Å². The average Bonchev–Trinajstić information content (AvgIpc) is 2.88. The lowest BCUT2D eigenvalue weighted by atomic mass is 10.00. The number of hydrogen-bond donors (Lipinski definition) is 1. The van der Waals surface area contributed by atoms with Crippen LogP contribution in [0, 0.1) is 0 Å². The van der Waals surface area contributed by atoms with Gasteiger partial charge >= 0.3 is 0 Å². The summed E-state index contributed by atoms with van der Waals surface area (Å²) in [6.07, 6.45) is 14.0. The van der Waals surface area contributed by atoms with Crippen molar-refractivity contribution in [1.29, 1.82) is 0 Å². The minimum Gasteiger partial charge on any atom is -0.378 e. The molecule has 0 aliphatic carbocycles. The van der Waals surface area contributed by atoms with Gasteiger partial charge in [-0.3, -0.25) is 0 Å². The zero-order valence-electron chi connectivity index (χ0n) is 12.5. The van der Waals surface area contributed by atoms with E-state index in [-0.39, 0.29) is 0 Å². The molecule has 1 heterocycles. The van der Waals surface area contributed by atoms with Gasteiger partial charge in [0.25, 0.3) is 0 Å². The van der Waals surface area contributed by atoms with Crippen LogP contribution >= 0.6 is 0 Å². The first-order valence-electron chi connectivity index (χ1n) is 8.21. The monoisotopic (exact) mass is 255 g/mol. The summed E-state index contributed by atoms with van der Waals surface area (Å²) in [5.41, 5.74) is 0. The van der Waals surface area contributed by atoms with E-state index < -0.39 is 0 Å². The summed E-state index contributed by atoms with van der Waals surface area (Å²) in [5, 5.41) is 3.64. The number of unbranched alkanes of at least 4 members (excludes halogenated alkanes) is 4. The summed E-state index contributed by atoms with van der Waals surface area (Å²) in [6, 6.07) is 0.723. The van der Waals surface area contributed by atoms with Gasteiger partial charge in [-0.05, 0) is 38.6 Å². The standard InChI is InChI=1S/C16H33NO/c1-3-5-6-7-8-10-15(17-4-2)12-13-16-11-9-14-18-16/h15-17H,3-14H2,1-2H3. The van der Waals surface area contributed by atoms with E-state index in [9.17, 15) is 0 Å². The van der Waals surface area contributed by atoms with E-state index in [1.165, 1.54) is 64.2 Å². The van der Waals surface area contributed by atoms with Crippen molar-refractivity contribution in [1.82, 2.24) is 5.32 Å². The van der Waals surface area contributed by atoms with Gasteiger partial charge in [0.2, 0.25) is 0 Å². The number of hydrogen-bond acceptors (Lipinski definition) is 2. The van der Waals surface area contributed by atoms with Crippen LogP contribution in [0.1, 0.15) is 78.1 Å². The Morgan fingerprint density at radius 1 is 1.11 bits per heavy atom. The predicted octanol–water partition coefficient (Wildman–Crippen LogP) is 4.28. The number of nitrogens with one attached hydrogen (secondary N) is 1. The summed E-state index contributed by atoms with van der Waals surface area (Å²) in [5.74, 6) is 0. The topological polar surface area (TPSA) is 21.3 Å². The molecule has 108 valence electrons. The molecule has 2 atom stereocenters. The minimum atomic E-state index is 0.561. The first kappa shape index (κ1) is 16.0. The van der Waals surface area contributed by atoms with Crippen LogP contribution < -0.4 is 5.32 Å². The van der Waals surface area contributed by atoms with Gasteiger partial charge in [0.15, 0.2) is 0 Å². The predicted molar refractivity (Wildman–Crippen MR) is 79.0 cm³/mol. The smallest absolute Gasteiger partial charge is 0.0576 e. The van der Waals surface area contributed by atoms with Crippen molar-refractivity contribution in [3.8, 4) is 0 Å². The van der Waals surface area contributed by atoms with Crippen LogP contribution in [0.15, 0.2) is 0 Å². The highest BCUT2D eigenvalue weighted by atomic mass is 16.5. The summed E-state index contributed by atoms with van der Waals surface area (Å²) < 4.78 is 5.71. The van der Waals surface area contributed by atoms with E-state index in [4.69, 9.17) is 4.74 Å². The molecule has 2 heteroatoms. The van der Waals surface area contributed by atoms with Crippen molar-refractivity contribution < 1.29 is 4.74 Å². The van der Waals surface area contributed by atoms with Crippen LogP contribution in [0.5, 0.6) is 0 Å². The second-order valence-electron chi connectivity index (χ2n) is 5.67. The lowest BCUT2D eigenvalue weighted by Crippen LogP contribution is -2.29. The van der Waals surface area contributed by atoms with Crippen LogP contribution in [-0.2, 0) is 4.74 Å². The Morgan fingerprint density at radius 2 is 1.94 bits per heavy atom. The lowest BCUT2D eigenvalue weighted by molar-refractivity contribution is 0.0992. The van der Waals surface area contributed by atoms with Gasteiger partial charge in [-0.25, -0.2) is 0 Å². The third kappa shape index (κ3) is 7.38. The van der Waals surface area contributed by atoms with Gasteiger partial charge in [0.05, 0.1) is 6.10 Å². The molecular formula is C16H33NO. The Kier molecular flexibility index (Phi) is 9.59. The van der Waals surface area contributed by atoms with Crippen LogP contribution in [0.4, 0.5) is 0 Å². The molecule has 0 aromatic carbocycles. The van der Waals surface area contributed by atoms with E-state index in [1.54, 1.807) is 0 Å². The molecule has 0 bridgehead atoms. The molecule has 0 amide bonds. The van der Waals surface area contributed by atoms with Crippen LogP contribution in [0.3, 0.4) is 0 Å². The molecule has 0 aromatic rings.